The normalized spacial score (nSPS) is 13.1. The Labute approximate surface area is 160 Å². The van der Waals surface area contributed by atoms with Crippen LogP contribution in [0.15, 0.2) is 49.1 Å². The molecule has 0 bridgehead atoms. The fourth-order valence-electron chi connectivity index (χ4n) is 2.75. The van der Waals surface area contributed by atoms with E-state index in [9.17, 15) is 12.8 Å². The number of fused-ring (bicyclic) bond motifs is 1. The van der Waals surface area contributed by atoms with Crippen LogP contribution in [0.4, 0.5) is 4.39 Å². The highest BCUT2D eigenvalue weighted by atomic mass is 32.2. The van der Waals surface area contributed by atoms with Gasteiger partial charge in [-0.3, -0.25) is 0 Å². The molecule has 0 aliphatic rings. The number of aromatic amines is 1. The van der Waals surface area contributed by atoms with Gasteiger partial charge in [0.05, 0.1) is 23.0 Å². The number of pyridine rings is 2. The lowest BCUT2D eigenvalue weighted by Crippen LogP contribution is -2.07. The van der Waals surface area contributed by atoms with Crippen LogP contribution in [0.3, 0.4) is 0 Å². The molecule has 1 unspecified atom stereocenters. The molecule has 0 aliphatic carbocycles. The van der Waals surface area contributed by atoms with Crippen LogP contribution in [-0.2, 0) is 9.84 Å². The molecular weight excluding hydrogens is 383 g/mol. The Morgan fingerprint density at radius 1 is 1.21 bits per heavy atom. The van der Waals surface area contributed by atoms with Gasteiger partial charge in [0.1, 0.15) is 21.8 Å². The Morgan fingerprint density at radius 2 is 2.07 bits per heavy atom. The molecule has 1 N–H and O–H groups in total. The van der Waals surface area contributed by atoms with Gasteiger partial charge in [0.2, 0.25) is 0 Å². The van der Waals surface area contributed by atoms with E-state index < -0.39 is 16.0 Å². The number of sulfone groups is 1. The van der Waals surface area contributed by atoms with Gasteiger partial charge in [-0.05, 0) is 24.6 Å². The maximum atomic E-state index is 14.2. The summed E-state index contributed by atoms with van der Waals surface area (Å²) < 4.78 is 38.1. The molecule has 0 saturated heterocycles. The maximum absolute atomic E-state index is 14.2. The van der Waals surface area contributed by atoms with Crippen LogP contribution in [0.25, 0.3) is 28.4 Å². The number of alkyl halides is 1. The van der Waals surface area contributed by atoms with E-state index in [1.807, 2.05) is 12.1 Å². The number of H-pyrrole nitrogens is 1. The summed E-state index contributed by atoms with van der Waals surface area (Å²) >= 11 is 0. The lowest BCUT2D eigenvalue weighted by molar-refractivity contribution is 0.334. The lowest BCUT2D eigenvalue weighted by atomic mass is 10.1. The Bertz CT molecular complexity index is 1180. The number of halogens is 1. The Hall–Kier alpha value is -3.14. The second kappa shape index (κ2) is 7.12. The van der Waals surface area contributed by atoms with Crippen molar-refractivity contribution in [3.63, 3.8) is 0 Å². The first-order valence-corrected chi connectivity index (χ1v) is 10.6. The van der Waals surface area contributed by atoms with Crippen molar-refractivity contribution >= 4 is 21.0 Å². The van der Waals surface area contributed by atoms with Crippen LogP contribution >= 0.6 is 0 Å². The zero-order valence-electron chi connectivity index (χ0n) is 14.9. The number of rotatable bonds is 6. The molecule has 4 heterocycles. The minimum absolute atomic E-state index is 0.0914. The van der Waals surface area contributed by atoms with Crippen LogP contribution in [-0.4, -0.2) is 50.1 Å². The van der Waals surface area contributed by atoms with Crippen molar-refractivity contribution < 1.29 is 12.8 Å². The van der Waals surface area contributed by atoms with Gasteiger partial charge in [0, 0.05) is 30.4 Å². The van der Waals surface area contributed by atoms with Gasteiger partial charge in [-0.2, -0.15) is 5.10 Å². The smallest absolute Gasteiger partial charge is 0.178 e. The first kappa shape index (κ1) is 18.2. The number of hydrogen-bond acceptors (Lipinski definition) is 6. The number of aromatic nitrogens is 6. The molecule has 0 aliphatic heterocycles. The molecule has 4 aromatic rings. The monoisotopic (exact) mass is 400 g/mol. The van der Waals surface area contributed by atoms with Crippen LogP contribution in [0, 0.1) is 0 Å². The highest BCUT2D eigenvalue weighted by Crippen LogP contribution is 2.23. The molecule has 28 heavy (non-hydrogen) atoms. The summed E-state index contributed by atoms with van der Waals surface area (Å²) in [7, 11) is -3.20. The molecule has 0 fully saturated rings. The van der Waals surface area contributed by atoms with E-state index in [4.69, 9.17) is 0 Å². The van der Waals surface area contributed by atoms with Gasteiger partial charge < -0.3 is 4.98 Å². The molecule has 4 aromatic heterocycles. The fraction of sp³-hybridized carbons (Fsp3) is 0.222. The van der Waals surface area contributed by atoms with Gasteiger partial charge in [0.25, 0.3) is 0 Å². The van der Waals surface area contributed by atoms with Crippen LogP contribution in [0.1, 0.15) is 18.2 Å². The molecule has 1 atom stereocenters. The van der Waals surface area contributed by atoms with Crippen molar-refractivity contribution in [1.29, 1.82) is 0 Å². The SMILES string of the molecule is CS(=O)(=O)CCC(F)c1ccc(-n2cc(-c3nc4ncccc4[nH]3)cn2)nc1. The zero-order valence-corrected chi connectivity index (χ0v) is 15.8. The number of nitrogens with zero attached hydrogens (tertiary/aromatic N) is 5. The highest BCUT2D eigenvalue weighted by molar-refractivity contribution is 7.90. The fourth-order valence-corrected chi connectivity index (χ4v) is 3.39. The molecule has 0 spiro atoms. The second-order valence-corrected chi connectivity index (χ2v) is 8.73. The molecule has 0 saturated carbocycles. The summed E-state index contributed by atoms with van der Waals surface area (Å²) in [5.41, 5.74) is 2.55. The summed E-state index contributed by atoms with van der Waals surface area (Å²) in [4.78, 5) is 16.0. The van der Waals surface area contributed by atoms with Crippen molar-refractivity contribution in [2.24, 2.45) is 0 Å². The third-order valence-corrected chi connectivity index (χ3v) is 5.20. The number of nitrogens with one attached hydrogen (secondary N) is 1. The summed E-state index contributed by atoms with van der Waals surface area (Å²) in [5.74, 6) is 0.950. The van der Waals surface area contributed by atoms with E-state index >= 15 is 0 Å². The minimum Gasteiger partial charge on any atom is -0.336 e. The van der Waals surface area contributed by atoms with Crippen LogP contribution in [0.2, 0.25) is 0 Å². The Kier molecular flexibility index (Phi) is 4.63. The van der Waals surface area contributed by atoms with Gasteiger partial charge >= 0.3 is 0 Å². The number of imidazole rings is 1. The van der Waals surface area contributed by atoms with Crippen molar-refractivity contribution in [2.75, 3.05) is 12.0 Å². The molecule has 8 nitrogen and oxygen atoms in total. The molecule has 144 valence electrons. The predicted octanol–water partition coefficient (Wildman–Crippen LogP) is 2.65. The average molecular weight is 400 g/mol. The molecule has 0 radical (unpaired) electrons. The van der Waals surface area contributed by atoms with Gasteiger partial charge in [-0.25, -0.2) is 32.4 Å². The molecule has 4 rings (SSSR count). The lowest BCUT2D eigenvalue weighted by Gasteiger charge is -2.08. The van der Waals surface area contributed by atoms with E-state index in [1.165, 1.54) is 6.20 Å². The first-order chi connectivity index (χ1) is 13.4. The Balaban J connectivity index is 1.52. The number of hydrogen-bond donors (Lipinski definition) is 1. The molecule has 0 aromatic carbocycles. The quantitative estimate of drug-likeness (QED) is 0.533. The Morgan fingerprint density at radius 3 is 2.79 bits per heavy atom. The van der Waals surface area contributed by atoms with Crippen molar-refractivity contribution in [3.8, 4) is 17.2 Å². The van der Waals surface area contributed by atoms with E-state index in [2.05, 4.69) is 25.0 Å². The van der Waals surface area contributed by atoms with E-state index in [-0.39, 0.29) is 12.2 Å². The van der Waals surface area contributed by atoms with Gasteiger partial charge in [-0.1, -0.05) is 6.07 Å². The van der Waals surface area contributed by atoms with E-state index in [0.717, 1.165) is 17.3 Å². The maximum Gasteiger partial charge on any atom is 0.178 e. The standard InChI is InChI=1S/C18H17FN6O2S/c1-28(26,27)8-6-14(19)12-4-5-16(21-9-12)25-11-13(10-22-25)17-23-15-3-2-7-20-18(15)24-17/h2-5,7,9-11,14H,6,8H2,1H3,(H,20,23,24). The summed E-state index contributed by atoms with van der Waals surface area (Å²) in [5, 5.41) is 4.28. The summed E-state index contributed by atoms with van der Waals surface area (Å²) in [6.07, 6.45) is 6.10. The molecular formula is C18H17FN6O2S. The highest BCUT2D eigenvalue weighted by Gasteiger charge is 2.15. The van der Waals surface area contributed by atoms with Gasteiger partial charge in [-0.15, -0.1) is 0 Å². The van der Waals surface area contributed by atoms with Crippen molar-refractivity contribution in [1.82, 2.24) is 29.7 Å². The average Bonchev–Trinajstić information content (AvgIpc) is 3.32. The van der Waals surface area contributed by atoms with E-state index in [0.29, 0.717) is 22.9 Å². The van der Waals surface area contributed by atoms with Crippen molar-refractivity contribution in [2.45, 2.75) is 12.6 Å². The second-order valence-electron chi connectivity index (χ2n) is 6.47. The minimum atomic E-state index is -3.20. The zero-order chi connectivity index (χ0) is 19.7. The van der Waals surface area contributed by atoms with Crippen LogP contribution in [0.5, 0.6) is 0 Å². The third-order valence-electron chi connectivity index (χ3n) is 4.22. The van der Waals surface area contributed by atoms with E-state index in [1.54, 1.807) is 35.4 Å². The first-order valence-electron chi connectivity index (χ1n) is 8.53. The molecule has 0 amide bonds. The summed E-state index contributed by atoms with van der Waals surface area (Å²) in [6.45, 7) is 0. The predicted molar refractivity (Wildman–Crippen MR) is 102 cm³/mol. The van der Waals surface area contributed by atoms with Crippen molar-refractivity contribution in [3.05, 3.63) is 54.6 Å². The largest absolute Gasteiger partial charge is 0.336 e. The molecule has 10 heteroatoms. The topological polar surface area (TPSA) is 106 Å². The third kappa shape index (κ3) is 3.91. The summed E-state index contributed by atoms with van der Waals surface area (Å²) in [6, 6.07) is 6.94. The van der Waals surface area contributed by atoms with Crippen LogP contribution < -0.4 is 0 Å². The van der Waals surface area contributed by atoms with Gasteiger partial charge in [0.15, 0.2) is 11.5 Å².